The van der Waals surface area contributed by atoms with Crippen molar-refractivity contribution >= 4 is 34.1 Å². The van der Waals surface area contributed by atoms with E-state index >= 15 is 0 Å². The average Bonchev–Trinajstić information content (AvgIpc) is 2.87. The van der Waals surface area contributed by atoms with Gasteiger partial charge in [-0.15, -0.1) is 10.2 Å². The zero-order valence-electron chi connectivity index (χ0n) is 12.0. The Hall–Kier alpha value is -0.820. The lowest BCUT2D eigenvalue weighted by Gasteiger charge is -2.24. The van der Waals surface area contributed by atoms with Crippen LogP contribution in [0.3, 0.4) is 0 Å². The SMILES string of the molecule is CCNc1nnc(SC(C)C(=O)NC2CCCCC2)s1. The average molecular weight is 314 g/mol. The van der Waals surface area contributed by atoms with E-state index in [4.69, 9.17) is 0 Å². The number of nitrogens with zero attached hydrogens (tertiary/aromatic N) is 2. The molecule has 0 spiro atoms. The van der Waals surface area contributed by atoms with E-state index in [9.17, 15) is 4.79 Å². The van der Waals surface area contributed by atoms with E-state index in [1.54, 1.807) is 0 Å². The molecule has 1 atom stereocenters. The monoisotopic (exact) mass is 314 g/mol. The van der Waals surface area contributed by atoms with Gasteiger partial charge in [-0.2, -0.15) is 0 Å². The molecule has 1 amide bonds. The zero-order chi connectivity index (χ0) is 14.4. The summed E-state index contributed by atoms with van der Waals surface area (Å²) in [7, 11) is 0. The molecule has 1 aromatic heterocycles. The highest BCUT2D eigenvalue weighted by Gasteiger charge is 2.21. The van der Waals surface area contributed by atoms with Crippen LogP contribution in [-0.2, 0) is 4.79 Å². The fourth-order valence-electron chi connectivity index (χ4n) is 2.25. The Bertz CT molecular complexity index is 432. The molecule has 1 fully saturated rings. The first-order chi connectivity index (χ1) is 9.69. The third-order valence-electron chi connectivity index (χ3n) is 3.33. The van der Waals surface area contributed by atoms with Crippen molar-refractivity contribution in [2.45, 2.75) is 61.6 Å². The molecule has 1 aromatic rings. The molecule has 0 radical (unpaired) electrons. The van der Waals surface area contributed by atoms with Crippen molar-refractivity contribution in [2.24, 2.45) is 0 Å². The van der Waals surface area contributed by atoms with Gasteiger partial charge < -0.3 is 10.6 Å². The highest BCUT2D eigenvalue weighted by atomic mass is 32.2. The first kappa shape index (κ1) is 15.6. The Balaban J connectivity index is 1.80. The van der Waals surface area contributed by atoms with Crippen LogP contribution >= 0.6 is 23.1 Å². The van der Waals surface area contributed by atoms with Gasteiger partial charge in [-0.3, -0.25) is 4.79 Å². The molecule has 0 bridgehead atoms. The van der Waals surface area contributed by atoms with Crippen molar-refractivity contribution in [1.29, 1.82) is 0 Å². The molecule has 1 aliphatic rings. The second-order valence-corrected chi connectivity index (χ2v) is 7.57. The molecule has 2 N–H and O–H groups in total. The number of carbonyl (C=O) groups excluding carboxylic acids is 1. The van der Waals surface area contributed by atoms with Crippen molar-refractivity contribution in [1.82, 2.24) is 15.5 Å². The van der Waals surface area contributed by atoms with Gasteiger partial charge >= 0.3 is 0 Å². The highest BCUT2D eigenvalue weighted by molar-refractivity contribution is 8.02. The van der Waals surface area contributed by atoms with Gasteiger partial charge in [0.1, 0.15) is 0 Å². The standard InChI is InChI=1S/C13H22N4OS2/c1-3-14-12-16-17-13(20-12)19-9(2)11(18)15-10-7-5-4-6-8-10/h9-10H,3-8H2,1-2H3,(H,14,16)(H,15,18). The minimum atomic E-state index is -0.126. The summed E-state index contributed by atoms with van der Waals surface area (Å²) in [5.41, 5.74) is 0. The van der Waals surface area contributed by atoms with Crippen molar-refractivity contribution in [2.75, 3.05) is 11.9 Å². The third kappa shape index (κ3) is 4.63. The summed E-state index contributed by atoms with van der Waals surface area (Å²) in [4.78, 5) is 12.2. The van der Waals surface area contributed by atoms with Gasteiger partial charge in [-0.25, -0.2) is 0 Å². The Labute approximate surface area is 128 Å². The molecular formula is C13H22N4OS2. The molecule has 112 valence electrons. The summed E-state index contributed by atoms with van der Waals surface area (Å²) < 4.78 is 0.840. The van der Waals surface area contributed by atoms with E-state index in [1.807, 2.05) is 13.8 Å². The number of nitrogens with one attached hydrogen (secondary N) is 2. The largest absolute Gasteiger partial charge is 0.360 e. The van der Waals surface area contributed by atoms with Crippen LogP contribution < -0.4 is 10.6 Å². The van der Waals surface area contributed by atoms with Crippen LogP contribution in [0.25, 0.3) is 0 Å². The summed E-state index contributed by atoms with van der Waals surface area (Å²) in [6, 6.07) is 0.367. The molecule has 1 saturated carbocycles. The van der Waals surface area contributed by atoms with E-state index in [1.165, 1.54) is 42.4 Å². The molecule has 1 heterocycles. The molecule has 1 unspecified atom stereocenters. The van der Waals surface area contributed by atoms with E-state index in [0.717, 1.165) is 28.9 Å². The Morgan fingerprint density at radius 3 is 2.85 bits per heavy atom. The van der Waals surface area contributed by atoms with Crippen molar-refractivity contribution < 1.29 is 4.79 Å². The summed E-state index contributed by atoms with van der Waals surface area (Å²) in [6.07, 6.45) is 6.00. The van der Waals surface area contributed by atoms with Gasteiger partial charge in [0.05, 0.1) is 5.25 Å². The van der Waals surface area contributed by atoms with E-state index < -0.39 is 0 Å². The van der Waals surface area contributed by atoms with Crippen LogP contribution in [0, 0.1) is 0 Å². The summed E-state index contributed by atoms with van der Waals surface area (Å²) in [6.45, 7) is 4.78. The summed E-state index contributed by atoms with van der Waals surface area (Å²) >= 11 is 2.98. The van der Waals surface area contributed by atoms with E-state index in [2.05, 4.69) is 20.8 Å². The number of hydrogen-bond acceptors (Lipinski definition) is 6. The van der Waals surface area contributed by atoms with Crippen LogP contribution in [0.5, 0.6) is 0 Å². The first-order valence-electron chi connectivity index (χ1n) is 7.23. The normalized spacial score (nSPS) is 17.7. The summed E-state index contributed by atoms with van der Waals surface area (Å²) in [5.74, 6) is 0.113. The lowest BCUT2D eigenvalue weighted by atomic mass is 9.95. The van der Waals surface area contributed by atoms with Gasteiger partial charge in [0.2, 0.25) is 11.0 Å². The minimum Gasteiger partial charge on any atom is -0.360 e. The molecule has 20 heavy (non-hydrogen) atoms. The summed E-state index contributed by atoms with van der Waals surface area (Å²) in [5, 5.41) is 15.1. The van der Waals surface area contributed by atoms with Crippen molar-refractivity contribution in [3.05, 3.63) is 0 Å². The van der Waals surface area contributed by atoms with Gasteiger partial charge in [0, 0.05) is 12.6 Å². The molecule has 5 nitrogen and oxygen atoms in total. The lowest BCUT2D eigenvalue weighted by Crippen LogP contribution is -2.40. The molecule has 0 saturated heterocycles. The second-order valence-electron chi connectivity index (χ2n) is 5.01. The quantitative estimate of drug-likeness (QED) is 0.790. The fraction of sp³-hybridized carbons (Fsp3) is 0.769. The number of anilines is 1. The maximum Gasteiger partial charge on any atom is 0.233 e. The molecule has 1 aliphatic carbocycles. The van der Waals surface area contributed by atoms with Crippen LogP contribution in [-0.4, -0.2) is 33.9 Å². The van der Waals surface area contributed by atoms with E-state index in [0.29, 0.717) is 6.04 Å². The van der Waals surface area contributed by atoms with Crippen molar-refractivity contribution in [3.63, 3.8) is 0 Å². The predicted molar refractivity (Wildman–Crippen MR) is 84.4 cm³/mol. The van der Waals surface area contributed by atoms with Crippen molar-refractivity contribution in [3.8, 4) is 0 Å². The van der Waals surface area contributed by atoms with Gasteiger partial charge in [0.25, 0.3) is 0 Å². The number of thioether (sulfide) groups is 1. The molecule has 7 heteroatoms. The minimum absolute atomic E-state index is 0.113. The Morgan fingerprint density at radius 1 is 1.40 bits per heavy atom. The molecule has 0 aliphatic heterocycles. The number of rotatable bonds is 6. The van der Waals surface area contributed by atoms with Crippen LogP contribution in [0.15, 0.2) is 4.34 Å². The smallest absolute Gasteiger partial charge is 0.233 e. The van der Waals surface area contributed by atoms with Gasteiger partial charge in [0.15, 0.2) is 4.34 Å². The predicted octanol–water partition coefficient (Wildman–Crippen LogP) is 2.90. The van der Waals surface area contributed by atoms with Gasteiger partial charge in [-0.05, 0) is 26.7 Å². The fourth-order valence-corrected chi connectivity index (χ4v) is 4.22. The lowest BCUT2D eigenvalue weighted by molar-refractivity contribution is -0.121. The zero-order valence-corrected chi connectivity index (χ0v) is 13.6. The first-order valence-corrected chi connectivity index (χ1v) is 8.93. The number of hydrogen-bond donors (Lipinski definition) is 2. The van der Waals surface area contributed by atoms with Crippen LogP contribution in [0.4, 0.5) is 5.13 Å². The van der Waals surface area contributed by atoms with Crippen LogP contribution in [0.2, 0.25) is 0 Å². The molecular weight excluding hydrogens is 292 g/mol. The molecule has 2 rings (SSSR count). The Morgan fingerprint density at radius 2 is 2.15 bits per heavy atom. The maximum absolute atomic E-state index is 12.2. The van der Waals surface area contributed by atoms with Gasteiger partial charge in [-0.1, -0.05) is 42.4 Å². The number of aromatic nitrogens is 2. The number of amides is 1. The topological polar surface area (TPSA) is 66.9 Å². The third-order valence-corrected chi connectivity index (χ3v) is 5.40. The number of carbonyl (C=O) groups is 1. The highest BCUT2D eigenvalue weighted by Crippen LogP contribution is 2.29. The Kier molecular flexibility index (Phi) is 6.09. The van der Waals surface area contributed by atoms with Crippen LogP contribution in [0.1, 0.15) is 46.0 Å². The maximum atomic E-state index is 12.2. The van der Waals surface area contributed by atoms with E-state index in [-0.39, 0.29) is 11.2 Å². The molecule has 0 aromatic carbocycles. The second kappa shape index (κ2) is 7.83.